The van der Waals surface area contributed by atoms with Crippen molar-refractivity contribution < 1.29 is 19.7 Å². The van der Waals surface area contributed by atoms with Crippen LogP contribution in [-0.2, 0) is 9.53 Å². The largest absolute Gasteiger partial charge is 0.469 e. The molecule has 0 aromatic rings. The minimum absolute atomic E-state index is 0.0230. The molecule has 0 amide bonds. The lowest BCUT2D eigenvalue weighted by Crippen LogP contribution is -2.49. The maximum atomic E-state index is 11.9. The number of aliphatic hydroxyl groups is 2. The predicted molar refractivity (Wildman–Crippen MR) is 64.4 cm³/mol. The second kappa shape index (κ2) is 4.58. The molecular weight excluding hydrogens is 220 g/mol. The van der Waals surface area contributed by atoms with Crippen molar-refractivity contribution in [3.05, 3.63) is 0 Å². The van der Waals surface area contributed by atoms with Crippen LogP contribution in [-0.4, -0.2) is 36.5 Å². The summed E-state index contributed by atoms with van der Waals surface area (Å²) in [6.45, 7) is 5.83. The molecule has 1 rings (SSSR count). The zero-order chi connectivity index (χ0) is 13.3. The summed E-state index contributed by atoms with van der Waals surface area (Å²) in [7, 11) is 1.38. The van der Waals surface area contributed by atoms with Gasteiger partial charge < -0.3 is 14.9 Å². The van der Waals surface area contributed by atoms with Crippen molar-refractivity contribution in [3.63, 3.8) is 0 Å². The molecule has 2 unspecified atom stereocenters. The van der Waals surface area contributed by atoms with Gasteiger partial charge in [-0.25, -0.2) is 0 Å². The molecule has 4 heteroatoms. The van der Waals surface area contributed by atoms with Crippen molar-refractivity contribution in [2.45, 2.75) is 40.0 Å². The Hall–Kier alpha value is -0.610. The molecule has 0 aromatic carbocycles. The highest BCUT2D eigenvalue weighted by atomic mass is 16.5. The van der Waals surface area contributed by atoms with Crippen LogP contribution < -0.4 is 0 Å². The number of esters is 1. The summed E-state index contributed by atoms with van der Waals surface area (Å²) in [6, 6.07) is 0. The fraction of sp³-hybridized carbons (Fsp3) is 0.923. The van der Waals surface area contributed by atoms with E-state index < -0.39 is 5.41 Å². The number of rotatable bonds is 3. The van der Waals surface area contributed by atoms with Gasteiger partial charge in [0.2, 0.25) is 0 Å². The molecule has 17 heavy (non-hydrogen) atoms. The quantitative estimate of drug-likeness (QED) is 0.735. The van der Waals surface area contributed by atoms with Crippen LogP contribution in [0.15, 0.2) is 0 Å². The maximum Gasteiger partial charge on any atom is 0.311 e. The highest BCUT2D eigenvalue weighted by Gasteiger charge is 2.52. The number of methoxy groups -OCH3 is 1. The van der Waals surface area contributed by atoms with Gasteiger partial charge in [-0.15, -0.1) is 0 Å². The Morgan fingerprint density at radius 3 is 1.76 bits per heavy atom. The Kier molecular flexibility index (Phi) is 3.89. The first-order valence-corrected chi connectivity index (χ1v) is 6.03. The number of aliphatic hydroxyl groups excluding tert-OH is 2. The minimum atomic E-state index is -0.623. The molecule has 1 saturated carbocycles. The van der Waals surface area contributed by atoms with Crippen molar-refractivity contribution in [2.75, 3.05) is 20.3 Å². The summed E-state index contributed by atoms with van der Waals surface area (Å²) in [4.78, 5) is 11.9. The van der Waals surface area contributed by atoms with E-state index in [1.807, 2.05) is 20.8 Å². The van der Waals surface area contributed by atoms with E-state index in [0.717, 1.165) is 6.42 Å². The summed E-state index contributed by atoms with van der Waals surface area (Å²) < 4.78 is 4.87. The molecule has 0 aromatic heterocycles. The zero-order valence-corrected chi connectivity index (χ0v) is 11.2. The van der Waals surface area contributed by atoms with Crippen molar-refractivity contribution in [2.24, 2.45) is 16.2 Å². The van der Waals surface area contributed by atoms with Crippen LogP contribution in [0.2, 0.25) is 0 Å². The molecule has 1 aliphatic carbocycles. The smallest absolute Gasteiger partial charge is 0.311 e. The van der Waals surface area contributed by atoms with E-state index in [1.165, 1.54) is 7.11 Å². The van der Waals surface area contributed by atoms with Crippen LogP contribution in [0, 0.1) is 16.2 Å². The predicted octanol–water partition coefficient (Wildman–Crippen LogP) is 1.35. The van der Waals surface area contributed by atoms with E-state index in [0.29, 0.717) is 12.8 Å². The Morgan fingerprint density at radius 2 is 1.47 bits per heavy atom. The van der Waals surface area contributed by atoms with Gasteiger partial charge in [-0.3, -0.25) is 4.79 Å². The lowest BCUT2D eigenvalue weighted by Gasteiger charge is -2.50. The molecule has 0 saturated heterocycles. The highest BCUT2D eigenvalue weighted by Crippen LogP contribution is 2.54. The maximum absolute atomic E-state index is 11.9. The zero-order valence-electron chi connectivity index (χ0n) is 11.2. The average Bonchev–Trinajstić information content (AvgIpc) is 2.26. The van der Waals surface area contributed by atoms with Gasteiger partial charge in [0.05, 0.1) is 12.5 Å². The first kappa shape index (κ1) is 14.5. The van der Waals surface area contributed by atoms with Crippen LogP contribution in [0.3, 0.4) is 0 Å². The molecular formula is C13H24O4. The minimum Gasteiger partial charge on any atom is -0.469 e. The number of carbonyl (C=O) groups excluding carboxylic acids is 1. The first-order chi connectivity index (χ1) is 7.72. The molecule has 0 radical (unpaired) electrons. The fourth-order valence-corrected chi connectivity index (χ4v) is 3.72. The molecule has 1 aliphatic rings. The Balaban J connectivity index is 3.06. The van der Waals surface area contributed by atoms with Gasteiger partial charge >= 0.3 is 5.97 Å². The molecule has 2 N–H and O–H groups in total. The normalized spacial score (nSPS) is 42.2. The molecule has 0 spiro atoms. The summed E-state index contributed by atoms with van der Waals surface area (Å²) in [5.41, 5.74) is -1.29. The standard InChI is InChI=1S/C13H24O4/c1-11(8-14)5-12(2,9-15)7-13(3,6-11)10(16)17-4/h14-15H,5-9H2,1-4H3. The van der Waals surface area contributed by atoms with Crippen molar-refractivity contribution >= 4 is 5.97 Å². The topological polar surface area (TPSA) is 66.8 Å². The molecule has 1 fully saturated rings. The van der Waals surface area contributed by atoms with Gasteiger partial charge in [0, 0.05) is 13.2 Å². The van der Waals surface area contributed by atoms with Crippen molar-refractivity contribution in [1.29, 1.82) is 0 Å². The Labute approximate surface area is 103 Å². The van der Waals surface area contributed by atoms with Crippen LogP contribution >= 0.6 is 0 Å². The van der Waals surface area contributed by atoms with Crippen molar-refractivity contribution in [3.8, 4) is 0 Å². The molecule has 0 bridgehead atoms. The van der Waals surface area contributed by atoms with Gasteiger partial charge in [-0.2, -0.15) is 0 Å². The van der Waals surface area contributed by atoms with Gasteiger partial charge in [0.1, 0.15) is 0 Å². The third-order valence-electron chi connectivity index (χ3n) is 3.93. The van der Waals surface area contributed by atoms with E-state index in [9.17, 15) is 15.0 Å². The summed E-state index contributed by atoms with van der Waals surface area (Å²) >= 11 is 0. The van der Waals surface area contributed by atoms with E-state index in [1.54, 1.807) is 0 Å². The van der Waals surface area contributed by atoms with E-state index in [4.69, 9.17) is 4.74 Å². The highest BCUT2D eigenvalue weighted by molar-refractivity contribution is 5.76. The van der Waals surface area contributed by atoms with E-state index >= 15 is 0 Å². The Morgan fingerprint density at radius 1 is 1.06 bits per heavy atom. The first-order valence-electron chi connectivity index (χ1n) is 6.03. The lowest BCUT2D eigenvalue weighted by molar-refractivity contribution is -0.164. The SMILES string of the molecule is COC(=O)C1(C)CC(C)(CO)CC(C)(CO)C1. The molecule has 2 atom stereocenters. The Bertz CT molecular complexity index is 284. The van der Waals surface area contributed by atoms with Crippen LogP contribution in [0.4, 0.5) is 0 Å². The van der Waals surface area contributed by atoms with Gasteiger partial charge in [-0.05, 0) is 37.0 Å². The molecule has 4 nitrogen and oxygen atoms in total. The molecule has 0 aliphatic heterocycles. The average molecular weight is 244 g/mol. The number of ether oxygens (including phenoxy) is 1. The van der Waals surface area contributed by atoms with Gasteiger partial charge in [0.25, 0.3) is 0 Å². The van der Waals surface area contributed by atoms with E-state index in [2.05, 4.69) is 0 Å². The summed E-state index contributed by atoms with van der Waals surface area (Å²) in [5, 5.41) is 19.1. The third kappa shape index (κ3) is 2.80. The summed E-state index contributed by atoms with van der Waals surface area (Å²) in [6.07, 6.45) is 1.91. The van der Waals surface area contributed by atoms with E-state index in [-0.39, 0.29) is 30.0 Å². The molecule has 100 valence electrons. The lowest BCUT2D eigenvalue weighted by atomic mass is 9.55. The monoisotopic (exact) mass is 244 g/mol. The van der Waals surface area contributed by atoms with Gasteiger partial charge in [0.15, 0.2) is 0 Å². The van der Waals surface area contributed by atoms with Crippen LogP contribution in [0.25, 0.3) is 0 Å². The van der Waals surface area contributed by atoms with Gasteiger partial charge in [-0.1, -0.05) is 13.8 Å². The number of carbonyl (C=O) groups is 1. The fourth-order valence-electron chi connectivity index (χ4n) is 3.72. The second-order valence-electron chi connectivity index (χ2n) is 6.52. The molecule has 0 heterocycles. The summed E-state index contributed by atoms with van der Waals surface area (Å²) in [5.74, 6) is -0.253. The third-order valence-corrected chi connectivity index (χ3v) is 3.93. The second-order valence-corrected chi connectivity index (χ2v) is 6.52. The van der Waals surface area contributed by atoms with Crippen LogP contribution in [0.1, 0.15) is 40.0 Å². The number of hydrogen-bond donors (Lipinski definition) is 2. The van der Waals surface area contributed by atoms with Crippen LogP contribution in [0.5, 0.6) is 0 Å². The number of hydrogen-bond acceptors (Lipinski definition) is 4. The van der Waals surface area contributed by atoms with Crippen molar-refractivity contribution in [1.82, 2.24) is 0 Å².